The predicted molar refractivity (Wildman–Crippen MR) is 68.6 cm³/mol. The quantitative estimate of drug-likeness (QED) is 0.846. The molecular weight excluding hydrogens is 239 g/mol. The van der Waals surface area contributed by atoms with Crippen molar-refractivity contribution in [1.29, 1.82) is 5.26 Å². The van der Waals surface area contributed by atoms with E-state index in [1.807, 2.05) is 19.2 Å². The van der Waals surface area contributed by atoms with Crippen LogP contribution in [0.1, 0.15) is 12.5 Å². The number of anilines is 1. The topological polar surface area (TPSA) is 56.0 Å². The van der Waals surface area contributed by atoms with Crippen molar-refractivity contribution >= 4 is 17.4 Å². The lowest BCUT2D eigenvalue weighted by atomic mass is 10.1. The van der Waals surface area contributed by atoms with Crippen molar-refractivity contribution in [1.82, 2.24) is 0 Å². The van der Waals surface area contributed by atoms with Crippen molar-refractivity contribution < 1.29 is 9.50 Å². The zero-order chi connectivity index (χ0) is 12.8. The SMILES string of the molecule is CS[C@H](CO)[C@@H](C)Nc1ccc(F)cc1C#N. The zero-order valence-electron chi connectivity index (χ0n) is 9.77. The molecule has 2 N–H and O–H groups in total. The van der Waals surface area contributed by atoms with E-state index in [-0.39, 0.29) is 23.5 Å². The van der Waals surface area contributed by atoms with E-state index in [0.717, 1.165) is 0 Å². The van der Waals surface area contributed by atoms with Gasteiger partial charge in [-0.1, -0.05) is 0 Å². The molecule has 0 saturated carbocycles. The zero-order valence-corrected chi connectivity index (χ0v) is 10.6. The van der Waals surface area contributed by atoms with Gasteiger partial charge >= 0.3 is 0 Å². The van der Waals surface area contributed by atoms with Crippen LogP contribution in [0.25, 0.3) is 0 Å². The maximum absolute atomic E-state index is 12.9. The van der Waals surface area contributed by atoms with Gasteiger partial charge in [-0.25, -0.2) is 4.39 Å². The molecule has 0 aliphatic carbocycles. The second kappa shape index (κ2) is 6.48. The summed E-state index contributed by atoms with van der Waals surface area (Å²) in [4.78, 5) is 0. The Morgan fingerprint density at radius 2 is 2.29 bits per heavy atom. The summed E-state index contributed by atoms with van der Waals surface area (Å²) in [6.45, 7) is 1.97. The molecule has 0 aliphatic rings. The minimum Gasteiger partial charge on any atom is -0.395 e. The smallest absolute Gasteiger partial charge is 0.124 e. The summed E-state index contributed by atoms with van der Waals surface area (Å²) < 4.78 is 12.9. The first kappa shape index (κ1) is 13.8. The summed E-state index contributed by atoms with van der Waals surface area (Å²) in [6, 6.07) is 5.98. The number of thioether (sulfide) groups is 1. The molecule has 0 heterocycles. The van der Waals surface area contributed by atoms with Gasteiger partial charge in [0, 0.05) is 11.3 Å². The summed E-state index contributed by atoms with van der Waals surface area (Å²) in [5.74, 6) is -0.427. The molecule has 0 amide bonds. The van der Waals surface area contributed by atoms with Crippen LogP contribution in [0.3, 0.4) is 0 Å². The third kappa shape index (κ3) is 3.62. The highest BCUT2D eigenvalue weighted by atomic mass is 32.2. The van der Waals surface area contributed by atoms with Gasteiger partial charge in [0.2, 0.25) is 0 Å². The number of nitrogens with zero attached hydrogens (tertiary/aromatic N) is 1. The number of benzene rings is 1. The van der Waals surface area contributed by atoms with E-state index in [2.05, 4.69) is 5.32 Å². The molecule has 0 saturated heterocycles. The number of rotatable bonds is 5. The van der Waals surface area contributed by atoms with E-state index in [9.17, 15) is 4.39 Å². The summed E-state index contributed by atoms with van der Waals surface area (Å²) in [6.07, 6.45) is 1.91. The van der Waals surface area contributed by atoms with Gasteiger partial charge in [-0.3, -0.25) is 0 Å². The van der Waals surface area contributed by atoms with Gasteiger partial charge < -0.3 is 10.4 Å². The molecular formula is C12H15FN2OS. The fourth-order valence-corrected chi connectivity index (χ4v) is 2.14. The number of aliphatic hydroxyl groups excluding tert-OH is 1. The van der Waals surface area contributed by atoms with Crippen molar-refractivity contribution in [3.05, 3.63) is 29.6 Å². The molecule has 0 fully saturated rings. The maximum atomic E-state index is 12.9. The Bertz CT molecular complexity index is 415. The molecule has 0 aliphatic heterocycles. The van der Waals surface area contributed by atoms with Crippen LogP contribution < -0.4 is 5.32 Å². The molecule has 2 atom stereocenters. The molecule has 0 radical (unpaired) electrons. The van der Waals surface area contributed by atoms with Gasteiger partial charge in [0.25, 0.3) is 0 Å². The second-order valence-corrected chi connectivity index (χ2v) is 4.77. The van der Waals surface area contributed by atoms with Crippen molar-refractivity contribution in [2.45, 2.75) is 18.2 Å². The molecule has 0 bridgehead atoms. The summed E-state index contributed by atoms with van der Waals surface area (Å²) in [5, 5.41) is 21.2. The fourth-order valence-electron chi connectivity index (χ4n) is 1.51. The Morgan fingerprint density at radius 3 is 2.82 bits per heavy atom. The molecule has 0 unspecified atom stereocenters. The third-order valence-corrected chi connectivity index (χ3v) is 3.69. The van der Waals surface area contributed by atoms with Crippen LogP contribution in [0.4, 0.5) is 10.1 Å². The average Bonchev–Trinajstić information content (AvgIpc) is 2.33. The fraction of sp³-hybridized carbons (Fsp3) is 0.417. The number of hydrogen-bond donors (Lipinski definition) is 2. The van der Waals surface area contributed by atoms with Gasteiger partial charge in [0.1, 0.15) is 11.9 Å². The van der Waals surface area contributed by atoms with Crippen LogP contribution in [0, 0.1) is 17.1 Å². The van der Waals surface area contributed by atoms with Crippen LogP contribution in [-0.4, -0.2) is 29.3 Å². The lowest BCUT2D eigenvalue weighted by molar-refractivity contribution is 0.288. The highest BCUT2D eigenvalue weighted by Crippen LogP contribution is 2.20. The predicted octanol–water partition coefficient (Wildman–Crippen LogP) is 2.22. The molecule has 0 spiro atoms. The molecule has 1 aromatic carbocycles. The van der Waals surface area contributed by atoms with Gasteiger partial charge in [-0.05, 0) is 31.4 Å². The van der Waals surface area contributed by atoms with Crippen molar-refractivity contribution in [2.75, 3.05) is 18.2 Å². The van der Waals surface area contributed by atoms with Gasteiger partial charge in [-0.2, -0.15) is 17.0 Å². The minimum atomic E-state index is -0.427. The lowest BCUT2D eigenvalue weighted by Crippen LogP contribution is -2.31. The number of nitrogens with one attached hydrogen (secondary N) is 1. The average molecular weight is 254 g/mol. The molecule has 0 aromatic heterocycles. The minimum absolute atomic E-state index is 0.00689. The van der Waals surface area contributed by atoms with E-state index in [1.54, 1.807) is 17.8 Å². The molecule has 1 aromatic rings. The third-order valence-electron chi connectivity index (χ3n) is 2.53. The van der Waals surface area contributed by atoms with Crippen molar-refractivity contribution in [2.24, 2.45) is 0 Å². The van der Waals surface area contributed by atoms with Gasteiger partial charge in [0.15, 0.2) is 0 Å². The number of halogens is 1. The van der Waals surface area contributed by atoms with Crippen LogP contribution >= 0.6 is 11.8 Å². The van der Waals surface area contributed by atoms with E-state index in [0.29, 0.717) is 5.69 Å². The highest BCUT2D eigenvalue weighted by Gasteiger charge is 2.16. The van der Waals surface area contributed by atoms with Crippen molar-refractivity contribution in [3.8, 4) is 6.07 Å². The molecule has 1 rings (SSSR count). The van der Waals surface area contributed by atoms with Crippen LogP contribution in [0.15, 0.2) is 18.2 Å². The maximum Gasteiger partial charge on any atom is 0.124 e. The summed E-state index contributed by atoms with van der Waals surface area (Å²) in [7, 11) is 0. The summed E-state index contributed by atoms with van der Waals surface area (Å²) >= 11 is 1.54. The Labute approximate surface area is 105 Å². The standard InChI is InChI=1S/C12H15FN2OS/c1-8(12(7-16)17-2)15-11-4-3-10(13)5-9(11)6-14/h3-5,8,12,15-16H,7H2,1-2H3/t8-,12-/m1/s1. The lowest BCUT2D eigenvalue weighted by Gasteiger charge is -2.22. The summed E-state index contributed by atoms with van der Waals surface area (Å²) in [5.41, 5.74) is 0.864. The first-order valence-electron chi connectivity index (χ1n) is 5.22. The molecule has 3 nitrogen and oxygen atoms in total. The van der Waals surface area contributed by atoms with Crippen LogP contribution in [0.2, 0.25) is 0 Å². The van der Waals surface area contributed by atoms with E-state index in [1.165, 1.54) is 12.1 Å². The number of hydrogen-bond acceptors (Lipinski definition) is 4. The Hall–Kier alpha value is -1.25. The van der Waals surface area contributed by atoms with Crippen LogP contribution in [0.5, 0.6) is 0 Å². The Balaban J connectivity index is 2.85. The Kier molecular flexibility index (Phi) is 5.26. The Morgan fingerprint density at radius 1 is 1.59 bits per heavy atom. The highest BCUT2D eigenvalue weighted by molar-refractivity contribution is 7.99. The monoisotopic (exact) mass is 254 g/mol. The number of nitriles is 1. The largest absolute Gasteiger partial charge is 0.395 e. The van der Waals surface area contributed by atoms with Crippen molar-refractivity contribution in [3.63, 3.8) is 0 Å². The van der Waals surface area contributed by atoms with E-state index in [4.69, 9.17) is 10.4 Å². The molecule has 5 heteroatoms. The van der Waals surface area contributed by atoms with Gasteiger partial charge in [0.05, 0.1) is 17.9 Å². The van der Waals surface area contributed by atoms with Crippen LogP contribution in [-0.2, 0) is 0 Å². The first-order chi connectivity index (χ1) is 8.12. The first-order valence-corrected chi connectivity index (χ1v) is 6.51. The van der Waals surface area contributed by atoms with E-state index >= 15 is 0 Å². The van der Waals surface area contributed by atoms with Gasteiger partial charge in [-0.15, -0.1) is 0 Å². The number of aliphatic hydroxyl groups is 1. The normalized spacial score (nSPS) is 13.8. The van der Waals surface area contributed by atoms with E-state index < -0.39 is 5.82 Å². The molecule has 17 heavy (non-hydrogen) atoms. The molecule has 92 valence electrons. The second-order valence-electron chi connectivity index (χ2n) is 3.69.